The maximum absolute atomic E-state index is 11.8. The zero-order chi connectivity index (χ0) is 15.2. The minimum atomic E-state index is 0.118. The zero-order valence-corrected chi connectivity index (χ0v) is 13.4. The van der Waals surface area contributed by atoms with Gasteiger partial charge in [-0.25, -0.2) is 4.98 Å². The van der Waals surface area contributed by atoms with Crippen LogP contribution in [0, 0.1) is 0 Å². The van der Waals surface area contributed by atoms with Crippen LogP contribution in [0.15, 0.2) is 47.9 Å². The first-order valence-corrected chi connectivity index (χ1v) is 8.78. The molecule has 22 heavy (non-hydrogen) atoms. The molecule has 116 valence electrons. The molecule has 0 atom stereocenters. The summed E-state index contributed by atoms with van der Waals surface area (Å²) >= 11 is 1.67. The molecule has 0 aliphatic heterocycles. The molecular formula is C17H21N3OS. The first-order chi connectivity index (χ1) is 10.8. The molecule has 0 spiro atoms. The summed E-state index contributed by atoms with van der Waals surface area (Å²) in [6, 6.07) is 10.9. The number of rotatable bonds is 8. The van der Waals surface area contributed by atoms with Gasteiger partial charge in [-0.15, -0.1) is 0 Å². The molecule has 1 aromatic carbocycles. The Morgan fingerprint density at radius 2 is 2.14 bits per heavy atom. The Bertz CT molecular complexity index is 607. The van der Waals surface area contributed by atoms with Crippen LogP contribution in [0.3, 0.4) is 0 Å². The van der Waals surface area contributed by atoms with E-state index in [9.17, 15) is 4.79 Å². The first-order valence-electron chi connectivity index (χ1n) is 7.79. The predicted molar refractivity (Wildman–Crippen MR) is 89.0 cm³/mol. The number of nitrogens with zero attached hydrogens (tertiary/aromatic N) is 2. The summed E-state index contributed by atoms with van der Waals surface area (Å²) in [4.78, 5) is 16.2. The van der Waals surface area contributed by atoms with E-state index in [1.54, 1.807) is 11.8 Å². The van der Waals surface area contributed by atoms with Gasteiger partial charge in [0.2, 0.25) is 5.91 Å². The summed E-state index contributed by atoms with van der Waals surface area (Å²) < 4.78 is 2.23. The van der Waals surface area contributed by atoms with Gasteiger partial charge in [0.25, 0.3) is 0 Å². The van der Waals surface area contributed by atoms with Crippen molar-refractivity contribution < 1.29 is 4.79 Å². The van der Waals surface area contributed by atoms with Gasteiger partial charge in [-0.05, 0) is 24.8 Å². The highest BCUT2D eigenvalue weighted by molar-refractivity contribution is 7.99. The summed E-state index contributed by atoms with van der Waals surface area (Å²) in [5, 5.41) is 4.02. The number of amides is 1. The van der Waals surface area contributed by atoms with Gasteiger partial charge in [-0.1, -0.05) is 42.1 Å². The molecule has 5 heteroatoms. The highest BCUT2D eigenvalue weighted by atomic mass is 32.2. The van der Waals surface area contributed by atoms with Crippen LogP contribution in [0.4, 0.5) is 0 Å². The molecule has 1 saturated carbocycles. The number of benzene rings is 1. The molecule has 1 N–H and O–H groups in total. The molecule has 0 bridgehead atoms. The predicted octanol–water partition coefficient (Wildman–Crippen LogP) is 3.06. The lowest BCUT2D eigenvalue weighted by molar-refractivity contribution is -0.120. The fourth-order valence-electron chi connectivity index (χ4n) is 2.36. The van der Waals surface area contributed by atoms with E-state index in [1.807, 2.05) is 30.6 Å². The van der Waals surface area contributed by atoms with Crippen molar-refractivity contribution in [2.24, 2.45) is 0 Å². The van der Waals surface area contributed by atoms with E-state index in [1.165, 1.54) is 18.4 Å². The van der Waals surface area contributed by atoms with E-state index in [4.69, 9.17) is 0 Å². The minimum Gasteiger partial charge on any atom is -0.356 e. The quantitative estimate of drug-likeness (QED) is 0.762. The van der Waals surface area contributed by atoms with Crippen LogP contribution in [0.1, 0.15) is 30.9 Å². The molecule has 1 heterocycles. The summed E-state index contributed by atoms with van der Waals surface area (Å²) in [6.07, 6.45) is 7.82. The highest BCUT2D eigenvalue weighted by Crippen LogP contribution is 2.37. The third-order valence-corrected chi connectivity index (χ3v) is 4.70. The van der Waals surface area contributed by atoms with Crippen molar-refractivity contribution in [3.63, 3.8) is 0 Å². The first kappa shape index (κ1) is 15.2. The SMILES string of the molecule is O=C(CCSc1nccn1C1CC1)NCCc1ccccc1. The van der Waals surface area contributed by atoms with E-state index in [0.717, 1.165) is 17.3 Å². The van der Waals surface area contributed by atoms with Gasteiger partial charge in [0.1, 0.15) is 0 Å². The third-order valence-electron chi connectivity index (χ3n) is 3.71. The number of carbonyl (C=O) groups is 1. The van der Waals surface area contributed by atoms with E-state index in [2.05, 4.69) is 27.0 Å². The molecule has 1 aliphatic rings. The van der Waals surface area contributed by atoms with Gasteiger partial charge in [0.05, 0.1) is 0 Å². The van der Waals surface area contributed by atoms with Crippen molar-refractivity contribution in [2.45, 2.75) is 36.9 Å². The molecule has 0 unspecified atom stereocenters. The van der Waals surface area contributed by atoms with Crippen LogP contribution in [0.5, 0.6) is 0 Å². The molecule has 3 rings (SSSR count). The zero-order valence-electron chi connectivity index (χ0n) is 12.6. The van der Waals surface area contributed by atoms with Crippen molar-refractivity contribution in [3.8, 4) is 0 Å². The van der Waals surface area contributed by atoms with Crippen molar-refractivity contribution in [1.82, 2.24) is 14.9 Å². The number of thioether (sulfide) groups is 1. The second-order valence-electron chi connectivity index (χ2n) is 5.53. The molecule has 1 aliphatic carbocycles. The van der Waals surface area contributed by atoms with Crippen molar-refractivity contribution >= 4 is 17.7 Å². The summed E-state index contributed by atoms with van der Waals surface area (Å²) in [6.45, 7) is 0.699. The van der Waals surface area contributed by atoms with E-state index >= 15 is 0 Å². The van der Waals surface area contributed by atoms with Gasteiger partial charge in [0.15, 0.2) is 5.16 Å². The second-order valence-corrected chi connectivity index (χ2v) is 6.59. The van der Waals surface area contributed by atoms with Crippen molar-refractivity contribution in [2.75, 3.05) is 12.3 Å². The normalized spacial score (nSPS) is 14.0. The summed E-state index contributed by atoms with van der Waals surface area (Å²) in [5.41, 5.74) is 1.25. The van der Waals surface area contributed by atoms with Crippen LogP contribution in [-0.4, -0.2) is 27.8 Å². The van der Waals surface area contributed by atoms with E-state index in [-0.39, 0.29) is 5.91 Å². The fourth-order valence-corrected chi connectivity index (χ4v) is 3.32. The van der Waals surface area contributed by atoms with E-state index < -0.39 is 0 Å². The smallest absolute Gasteiger partial charge is 0.220 e. The fraction of sp³-hybridized carbons (Fsp3) is 0.412. The standard InChI is InChI=1S/C17H21N3OS/c21-16(18-10-8-14-4-2-1-3-5-14)9-13-22-17-19-11-12-20(17)15-6-7-15/h1-5,11-12,15H,6-10,13H2,(H,18,21). The molecular weight excluding hydrogens is 294 g/mol. The number of aromatic nitrogens is 2. The topological polar surface area (TPSA) is 46.9 Å². The second kappa shape index (κ2) is 7.49. The number of hydrogen-bond acceptors (Lipinski definition) is 3. The number of nitrogens with one attached hydrogen (secondary N) is 1. The molecule has 4 nitrogen and oxygen atoms in total. The Hall–Kier alpha value is -1.75. The molecule has 1 amide bonds. The number of imidazole rings is 1. The minimum absolute atomic E-state index is 0.118. The van der Waals surface area contributed by atoms with Gasteiger partial charge in [0, 0.05) is 37.2 Å². The van der Waals surface area contributed by atoms with E-state index in [0.29, 0.717) is 19.0 Å². The largest absolute Gasteiger partial charge is 0.356 e. The van der Waals surface area contributed by atoms with Crippen LogP contribution in [-0.2, 0) is 11.2 Å². The maximum atomic E-state index is 11.8. The average Bonchev–Trinajstić information content (AvgIpc) is 3.28. The number of carbonyl (C=O) groups excluding carboxylic acids is 1. The molecule has 0 saturated heterocycles. The third kappa shape index (κ3) is 4.37. The molecule has 0 radical (unpaired) electrons. The Morgan fingerprint density at radius 3 is 2.91 bits per heavy atom. The summed E-state index contributed by atoms with van der Waals surface area (Å²) in [7, 11) is 0. The van der Waals surface area contributed by atoms with Crippen LogP contribution >= 0.6 is 11.8 Å². The highest BCUT2D eigenvalue weighted by Gasteiger charge is 2.25. The molecule has 1 fully saturated rings. The monoisotopic (exact) mass is 315 g/mol. The lowest BCUT2D eigenvalue weighted by Crippen LogP contribution is -2.25. The molecule has 1 aromatic heterocycles. The Balaban J connectivity index is 1.33. The Kier molecular flexibility index (Phi) is 5.16. The van der Waals surface area contributed by atoms with Crippen LogP contribution in [0.2, 0.25) is 0 Å². The van der Waals surface area contributed by atoms with Gasteiger partial charge in [-0.2, -0.15) is 0 Å². The van der Waals surface area contributed by atoms with Gasteiger partial charge >= 0.3 is 0 Å². The lowest BCUT2D eigenvalue weighted by Gasteiger charge is -2.07. The van der Waals surface area contributed by atoms with Crippen LogP contribution < -0.4 is 5.32 Å². The van der Waals surface area contributed by atoms with Gasteiger partial charge in [-0.3, -0.25) is 4.79 Å². The van der Waals surface area contributed by atoms with Crippen molar-refractivity contribution in [3.05, 3.63) is 48.3 Å². The van der Waals surface area contributed by atoms with Gasteiger partial charge < -0.3 is 9.88 Å². The maximum Gasteiger partial charge on any atom is 0.220 e. The molecule has 2 aromatic rings. The summed E-state index contributed by atoms with van der Waals surface area (Å²) in [5.74, 6) is 0.897. The average molecular weight is 315 g/mol. The number of hydrogen-bond donors (Lipinski definition) is 1. The Labute approximate surface area is 135 Å². The Morgan fingerprint density at radius 1 is 1.32 bits per heavy atom. The van der Waals surface area contributed by atoms with Crippen LogP contribution in [0.25, 0.3) is 0 Å². The lowest BCUT2D eigenvalue weighted by atomic mass is 10.1. The van der Waals surface area contributed by atoms with Crippen molar-refractivity contribution in [1.29, 1.82) is 0 Å².